The Kier molecular flexibility index (Phi) is 3.61. The quantitative estimate of drug-likeness (QED) is 0.733. The van der Waals surface area contributed by atoms with Crippen molar-refractivity contribution < 1.29 is 4.74 Å². The average Bonchev–Trinajstić information content (AvgIpc) is 2.96. The fraction of sp³-hybridized carbons (Fsp3) is 0.750. The van der Waals surface area contributed by atoms with Crippen LogP contribution in [0.4, 0.5) is 0 Å². The Morgan fingerprint density at radius 2 is 2.44 bits per heavy atom. The van der Waals surface area contributed by atoms with Crippen LogP contribution in [0.15, 0.2) is 6.20 Å². The maximum atomic E-state index is 5.00. The van der Waals surface area contributed by atoms with Gasteiger partial charge >= 0.3 is 0 Å². The number of methoxy groups -OCH3 is 1. The summed E-state index contributed by atoms with van der Waals surface area (Å²) < 4.78 is 6.96. The number of nitrogens with zero attached hydrogens (tertiary/aromatic N) is 2. The first kappa shape index (κ1) is 11.6. The summed E-state index contributed by atoms with van der Waals surface area (Å²) in [7, 11) is 3.74. The van der Waals surface area contributed by atoms with Gasteiger partial charge in [-0.2, -0.15) is 5.10 Å². The average molecular weight is 223 g/mol. The lowest BCUT2D eigenvalue weighted by Crippen LogP contribution is -2.21. The standard InChI is InChI=1S/C12H21N3O/c1-9-12(8-14-15(9)2)11-6-10(11)7-13-4-5-16-3/h8,10-11,13H,4-7H2,1-3H3. The third kappa shape index (κ3) is 2.44. The van der Waals surface area contributed by atoms with Gasteiger partial charge in [0.05, 0.1) is 12.8 Å². The molecule has 1 saturated carbocycles. The van der Waals surface area contributed by atoms with E-state index >= 15 is 0 Å². The van der Waals surface area contributed by atoms with Gasteiger partial charge in [0.25, 0.3) is 0 Å². The zero-order valence-corrected chi connectivity index (χ0v) is 10.4. The Morgan fingerprint density at radius 3 is 3.06 bits per heavy atom. The predicted molar refractivity (Wildman–Crippen MR) is 63.5 cm³/mol. The molecule has 0 radical (unpaired) electrons. The summed E-state index contributed by atoms with van der Waals surface area (Å²) >= 11 is 0. The van der Waals surface area contributed by atoms with Crippen molar-refractivity contribution in [3.8, 4) is 0 Å². The van der Waals surface area contributed by atoms with E-state index in [1.807, 2.05) is 17.9 Å². The third-order valence-corrected chi connectivity index (χ3v) is 3.48. The van der Waals surface area contributed by atoms with E-state index in [0.717, 1.165) is 31.5 Å². The first-order valence-electron chi connectivity index (χ1n) is 5.92. The van der Waals surface area contributed by atoms with Crippen molar-refractivity contribution in [1.82, 2.24) is 15.1 Å². The molecule has 4 nitrogen and oxygen atoms in total. The lowest BCUT2D eigenvalue weighted by molar-refractivity contribution is 0.199. The third-order valence-electron chi connectivity index (χ3n) is 3.48. The molecule has 1 N–H and O–H groups in total. The zero-order chi connectivity index (χ0) is 11.5. The first-order chi connectivity index (χ1) is 7.74. The molecular weight excluding hydrogens is 202 g/mol. The summed E-state index contributed by atoms with van der Waals surface area (Å²) in [4.78, 5) is 0. The molecule has 0 spiro atoms. The van der Waals surface area contributed by atoms with E-state index in [-0.39, 0.29) is 0 Å². The van der Waals surface area contributed by atoms with Crippen molar-refractivity contribution in [2.24, 2.45) is 13.0 Å². The minimum absolute atomic E-state index is 0.726. The Balaban J connectivity index is 1.76. The van der Waals surface area contributed by atoms with E-state index in [2.05, 4.69) is 17.3 Å². The van der Waals surface area contributed by atoms with Crippen LogP contribution in [0.1, 0.15) is 23.6 Å². The van der Waals surface area contributed by atoms with E-state index < -0.39 is 0 Å². The smallest absolute Gasteiger partial charge is 0.0587 e. The van der Waals surface area contributed by atoms with Gasteiger partial charge in [0.15, 0.2) is 0 Å². The summed E-state index contributed by atoms with van der Waals surface area (Å²) in [5.41, 5.74) is 2.74. The molecule has 4 heteroatoms. The van der Waals surface area contributed by atoms with Gasteiger partial charge in [-0.25, -0.2) is 0 Å². The van der Waals surface area contributed by atoms with Crippen LogP contribution in [0.25, 0.3) is 0 Å². The molecule has 2 unspecified atom stereocenters. The van der Waals surface area contributed by atoms with Gasteiger partial charge in [-0.3, -0.25) is 4.68 Å². The lowest BCUT2D eigenvalue weighted by Gasteiger charge is -2.03. The van der Waals surface area contributed by atoms with Crippen LogP contribution in [0, 0.1) is 12.8 Å². The summed E-state index contributed by atoms with van der Waals surface area (Å²) in [5.74, 6) is 1.52. The zero-order valence-electron chi connectivity index (χ0n) is 10.4. The van der Waals surface area contributed by atoms with E-state index in [9.17, 15) is 0 Å². The van der Waals surface area contributed by atoms with Crippen molar-refractivity contribution in [3.63, 3.8) is 0 Å². The maximum absolute atomic E-state index is 5.00. The Hall–Kier alpha value is -0.870. The van der Waals surface area contributed by atoms with Crippen molar-refractivity contribution in [2.75, 3.05) is 26.8 Å². The molecule has 0 aliphatic heterocycles. The fourth-order valence-electron chi connectivity index (χ4n) is 2.20. The molecule has 2 rings (SSSR count). The number of aromatic nitrogens is 2. The normalized spacial score (nSPS) is 23.7. The number of hydrogen-bond donors (Lipinski definition) is 1. The van der Waals surface area contributed by atoms with Gasteiger partial charge in [-0.05, 0) is 37.3 Å². The highest BCUT2D eigenvalue weighted by atomic mass is 16.5. The van der Waals surface area contributed by atoms with Crippen molar-refractivity contribution >= 4 is 0 Å². The fourth-order valence-corrected chi connectivity index (χ4v) is 2.20. The Labute approximate surface area is 97.0 Å². The molecule has 1 aromatic rings. The summed E-state index contributed by atoms with van der Waals surface area (Å²) in [6, 6.07) is 0. The van der Waals surface area contributed by atoms with Crippen molar-refractivity contribution in [2.45, 2.75) is 19.3 Å². The van der Waals surface area contributed by atoms with Gasteiger partial charge in [0, 0.05) is 26.4 Å². The molecule has 0 amide bonds. The van der Waals surface area contributed by atoms with Crippen LogP contribution in [0.3, 0.4) is 0 Å². The van der Waals surface area contributed by atoms with E-state index in [1.54, 1.807) is 7.11 Å². The van der Waals surface area contributed by atoms with Crippen LogP contribution in [-0.2, 0) is 11.8 Å². The largest absolute Gasteiger partial charge is 0.383 e. The SMILES string of the molecule is COCCNCC1CC1c1cnn(C)c1C. The maximum Gasteiger partial charge on any atom is 0.0587 e. The van der Waals surface area contributed by atoms with Gasteiger partial charge in [0.2, 0.25) is 0 Å². The highest BCUT2D eigenvalue weighted by Gasteiger charge is 2.39. The van der Waals surface area contributed by atoms with E-state index in [1.165, 1.54) is 17.7 Å². The number of aryl methyl sites for hydroxylation is 1. The molecule has 0 bridgehead atoms. The van der Waals surface area contributed by atoms with Crippen LogP contribution in [0.2, 0.25) is 0 Å². The monoisotopic (exact) mass is 223 g/mol. The summed E-state index contributed by atoms with van der Waals surface area (Å²) in [6.07, 6.45) is 3.32. The molecule has 2 atom stereocenters. The van der Waals surface area contributed by atoms with Crippen molar-refractivity contribution in [3.05, 3.63) is 17.5 Å². The molecule has 1 aromatic heterocycles. The molecule has 1 heterocycles. The van der Waals surface area contributed by atoms with E-state index in [4.69, 9.17) is 4.74 Å². The molecule has 1 aliphatic carbocycles. The van der Waals surface area contributed by atoms with Crippen LogP contribution in [-0.4, -0.2) is 36.6 Å². The second-order valence-corrected chi connectivity index (χ2v) is 4.61. The molecule has 1 fully saturated rings. The molecular formula is C12H21N3O. The minimum Gasteiger partial charge on any atom is -0.383 e. The Bertz CT molecular complexity index is 348. The van der Waals surface area contributed by atoms with Gasteiger partial charge in [-0.15, -0.1) is 0 Å². The summed E-state index contributed by atoms with van der Waals surface area (Å²) in [6.45, 7) is 4.99. The lowest BCUT2D eigenvalue weighted by atomic mass is 10.1. The van der Waals surface area contributed by atoms with Crippen LogP contribution >= 0.6 is 0 Å². The molecule has 90 valence electrons. The molecule has 16 heavy (non-hydrogen) atoms. The number of nitrogens with one attached hydrogen (secondary N) is 1. The molecule has 0 aromatic carbocycles. The van der Waals surface area contributed by atoms with E-state index in [0.29, 0.717) is 0 Å². The highest BCUT2D eigenvalue weighted by Crippen LogP contribution is 2.47. The second kappa shape index (κ2) is 4.97. The van der Waals surface area contributed by atoms with Gasteiger partial charge in [-0.1, -0.05) is 0 Å². The van der Waals surface area contributed by atoms with Crippen LogP contribution in [0.5, 0.6) is 0 Å². The topological polar surface area (TPSA) is 39.1 Å². The first-order valence-corrected chi connectivity index (χ1v) is 5.92. The van der Waals surface area contributed by atoms with Gasteiger partial charge < -0.3 is 10.1 Å². The number of hydrogen-bond acceptors (Lipinski definition) is 3. The summed E-state index contributed by atoms with van der Waals surface area (Å²) in [5, 5.41) is 7.72. The van der Waals surface area contributed by atoms with Crippen molar-refractivity contribution in [1.29, 1.82) is 0 Å². The minimum atomic E-state index is 0.726. The predicted octanol–water partition coefficient (Wildman–Crippen LogP) is 1.07. The Morgan fingerprint density at radius 1 is 1.62 bits per heavy atom. The molecule has 0 saturated heterocycles. The molecule has 1 aliphatic rings. The van der Waals surface area contributed by atoms with Gasteiger partial charge in [0.1, 0.15) is 0 Å². The second-order valence-electron chi connectivity index (χ2n) is 4.61. The number of rotatable bonds is 6. The highest BCUT2D eigenvalue weighted by molar-refractivity contribution is 5.27. The number of ether oxygens (including phenoxy) is 1. The van der Waals surface area contributed by atoms with Crippen LogP contribution < -0.4 is 5.32 Å².